The summed E-state index contributed by atoms with van der Waals surface area (Å²) >= 11 is 6.26. The smallest absolute Gasteiger partial charge is 0.264 e. The third-order valence-corrected chi connectivity index (χ3v) is 7.80. The maximum absolute atomic E-state index is 13.4. The molecule has 1 aliphatic carbocycles. The first kappa shape index (κ1) is 24.3. The minimum absolute atomic E-state index is 0.110. The Bertz CT molecular complexity index is 1070. The zero-order valence-electron chi connectivity index (χ0n) is 18.6. The van der Waals surface area contributed by atoms with E-state index < -0.39 is 22.5 Å². The molecule has 0 unspecified atom stereocenters. The molecule has 0 bridgehead atoms. The van der Waals surface area contributed by atoms with E-state index in [4.69, 9.17) is 11.6 Å². The number of carbonyl (C=O) groups is 1. The van der Waals surface area contributed by atoms with Gasteiger partial charge in [-0.3, -0.25) is 9.10 Å². The van der Waals surface area contributed by atoms with Gasteiger partial charge in [0.25, 0.3) is 15.9 Å². The van der Waals surface area contributed by atoms with Gasteiger partial charge in [0.15, 0.2) is 0 Å². The van der Waals surface area contributed by atoms with E-state index in [0.717, 1.165) is 46.8 Å². The summed E-state index contributed by atoms with van der Waals surface area (Å²) in [5, 5.41) is 4.73. The lowest BCUT2D eigenvalue weighted by molar-refractivity contribution is -0.119. The summed E-state index contributed by atoms with van der Waals surface area (Å²) in [5.41, 5.74) is 5.63. The molecule has 2 aromatic carbocycles. The number of aryl methyl sites for hydroxylation is 2. The Kier molecular flexibility index (Phi) is 8.32. The van der Waals surface area contributed by atoms with Crippen molar-refractivity contribution in [1.29, 1.82) is 0 Å². The van der Waals surface area contributed by atoms with Crippen LogP contribution >= 0.6 is 11.6 Å². The predicted octanol–water partition coefficient (Wildman–Crippen LogP) is 5.37. The molecule has 172 valence electrons. The normalized spacial score (nSPS) is 14.9. The number of carbonyl (C=O) groups excluding carboxylic acids is 1. The summed E-state index contributed by atoms with van der Waals surface area (Å²) in [6.45, 7) is 3.32. The molecule has 2 aromatic rings. The molecule has 3 rings (SSSR count). The van der Waals surface area contributed by atoms with Crippen LogP contribution < -0.4 is 9.73 Å². The molecule has 32 heavy (non-hydrogen) atoms. The number of hydrogen-bond acceptors (Lipinski definition) is 4. The van der Waals surface area contributed by atoms with Crippen molar-refractivity contribution in [2.24, 2.45) is 5.10 Å². The highest BCUT2D eigenvalue weighted by atomic mass is 35.5. The van der Waals surface area contributed by atoms with Gasteiger partial charge in [0.2, 0.25) is 0 Å². The molecule has 6 nitrogen and oxygen atoms in total. The molecular formula is C24H30ClN3O3S. The lowest BCUT2D eigenvalue weighted by Crippen LogP contribution is -2.39. The average Bonchev–Trinajstić information content (AvgIpc) is 2.73. The Morgan fingerprint density at radius 3 is 2.25 bits per heavy atom. The van der Waals surface area contributed by atoms with E-state index in [9.17, 15) is 13.2 Å². The summed E-state index contributed by atoms with van der Waals surface area (Å²) < 4.78 is 27.9. The van der Waals surface area contributed by atoms with Crippen LogP contribution in [0.3, 0.4) is 0 Å². The molecule has 0 saturated heterocycles. The number of halogens is 1. The molecule has 0 aliphatic heterocycles. The van der Waals surface area contributed by atoms with Crippen LogP contribution in [0.2, 0.25) is 5.02 Å². The number of hydrogen-bond donors (Lipinski definition) is 1. The monoisotopic (exact) mass is 475 g/mol. The van der Waals surface area contributed by atoms with Crippen LogP contribution in [0.1, 0.15) is 56.1 Å². The maximum Gasteiger partial charge on any atom is 0.264 e. The second-order valence-corrected chi connectivity index (χ2v) is 10.5. The fourth-order valence-electron chi connectivity index (χ4n) is 3.62. The highest BCUT2D eigenvalue weighted by Crippen LogP contribution is 2.28. The SMILES string of the molecule is Cc1ccc(S(=O)(=O)N(CC(=O)NN=C2CCCCCCC2)c2ccc(C)c(Cl)c2)cc1. The topological polar surface area (TPSA) is 78.8 Å². The summed E-state index contributed by atoms with van der Waals surface area (Å²) in [7, 11) is -3.98. The number of nitrogens with one attached hydrogen (secondary N) is 1. The van der Waals surface area contributed by atoms with Crippen molar-refractivity contribution in [2.75, 3.05) is 10.8 Å². The summed E-state index contributed by atoms with van der Waals surface area (Å²) in [4.78, 5) is 12.9. The van der Waals surface area contributed by atoms with Crippen LogP contribution in [-0.4, -0.2) is 26.6 Å². The van der Waals surface area contributed by atoms with E-state index in [2.05, 4.69) is 10.5 Å². The molecule has 1 amide bonds. The summed E-state index contributed by atoms with van der Waals surface area (Å²) in [6.07, 6.45) is 7.42. The van der Waals surface area contributed by atoms with Crippen molar-refractivity contribution in [1.82, 2.24) is 5.43 Å². The predicted molar refractivity (Wildman–Crippen MR) is 130 cm³/mol. The molecule has 1 N–H and O–H groups in total. The highest BCUT2D eigenvalue weighted by Gasteiger charge is 2.27. The van der Waals surface area contributed by atoms with Crippen LogP contribution in [0.4, 0.5) is 5.69 Å². The van der Waals surface area contributed by atoms with Gasteiger partial charge in [-0.1, -0.05) is 54.6 Å². The second kappa shape index (κ2) is 11.0. The lowest BCUT2D eigenvalue weighted by atomic mass is 9.99. The Morgan fingerprint density at radius 2 is 1.62 bits per heavy atom. The molecule has 0 atom stereocenters. The van der Waals surface area contributed by atoms with E-state index >= 15 is 0 Å². The van der Waals surface area contributed by atoms with Gasteiger partial charge in [-0.15, -0.1) is 0 Å². The number of hydrazone groups is 1. The number of amides is 1. The van der Waals surface area contributed by atoms with Crippen molar-refractivity contribution in [2.45, 2.75) is 63.7 Å². The molecule has 1 saturated carbocycles. The fraction of sp³-hybridized carbons (Fsp3) is 0.417. The van der Waals surface area contributed by atoms with Crippen LogP contribution in [0, 0.1) is 13.8 Å². The third kappa shape index (κ3) is 6.33. The molecule has 0 aromatic heterocycles. The van der Waals surface area contributed by atoms with Gasteiger partial charge >= 0.3 is 0 Å². The van der Waals surface area contributed by atoms with Gasteiger partial charge < -0.3 is 0 Å². The van der Waals surface area contributed by atoms with Gasteiger partial charge in [-0.25, -0.2) is 13.8 Å². The van der Waals surface area contributed by atoms with E-state index in [1.165, 1.54) is 19.3 Å². The number of benzene rings is 2. The largest absolute Gasteiger partial charge is 0.271 e. The Morgan fingerprint density at radius 1 is 1.00 bits per heavy atom. The van der Waals surface area contributed by atoms with E-state index in [1.54, 1.807) is 42.5 Å². The van der Waals surface area contributed by atoms with Gasteiger partial charge in [0.1, 0.15) is 6.54 Å². The minimum Gasteiger partial charge on any atom is -0.271 e. The van der Waals surface area contributed by atoms with Crippen LogP contribution in [0.25, 0.3) is 0 Å². The van der Waals surface area contributed by atoms with Crippen molar-refractivity contribution >= 4 is 38.9 Å². The Labute approximate surface area is 195 Å². The minimum atomic E-state index is -3.98. The third-order valence-electron chi connectivity index (χ3n) is 5.61. The first-order chi connectivity index (χ1) is 15.3. The van der Waals surface area contributed by atoms with Crippen LogP contribution in [-0.2, 0) is 14.8 Å². The molecule has 1 fully saturated rings. The molecular weight excluding hydrogens is 446 g/mol. The van der Waals surface area contributed by atoms with Crippen LogP contribution in [0.5, 0.6) is 0 Å². The zero-order chi connectivity index (χ0) is 23.1. The number of sulfonamides is 1. The van der Waals surface area contributed by atoms with Gasteiger partial charge in [0.05, 0.1) is 10.6 Å². The van der Waals surface area contributed by atoms with Gasteiger partial charge in [0, 0.05) is 10.7 Å². The van der Waals surface area contributed by atoms with E-state index in [1.807, 2.05) is 13.8 Å². The highest BCUT2D eigenvalue weighted by molar-refractivity contribution is 7.92. The number of nitrogens with zero attached hydrogens (tertiary/aromatic N) is 2. The first-order valence-electron chi connectivity index (χ1n) is 11.0. The van der Waals surface area contributed by atoms with Crippen molar-refractivity contribution in [3.8, 4) is 0 Å². The number of anilines is 1. The quantitative estimate of drug-likeness (QED) is 0.570. The van der Waals surface area contributed by atoms with Gasteiger partial charge in [-0.2, -0.15) is 5.10 Å². The van der Waals surface area contributed by atoms with Crippen molar-refractivity contribution < 1.29 is 13.2 Å². The summed E-state index contributed by atoms with van der Waals surface area (Å²) in [6, 6.07) is 11.5. The van der Waals surface area contributed by atoms with Gasteiger partial charge in [-0.05, 0) is 69.4 Å². The summed E-state index contributed by atoms with van der Waals surface area (Å²) in [5.74, 6) is -0.494. The molecule has 0 spiro atoms. The standard InChI is InChI=1S/C24H30ClN3O3S/c1-18-10-14-22(15-11-18)32(30,31)28(21-13-12-19(2)23(25)16-21)17-24(29)27-26-20-8-6-4-3-5-7-9-20/h10-16H,3-9,17H2,1-2H3,(H,27,29). The second-order valence-electron chi connectivity index (χ2n) is 8.24. The molecule has 8 heteroatoms. The fourth-order valence-corrected chi connectivity index (χ4v) is 5.21. The van der Waals surface area contributed by atoms with Crippen LogP contribution in [0.15, 0.2) is 52.5 Å². The van der Waals surface area contributed by atoms with E-state index in [-0.39, 0.29) is 4.90 Å². The maximum atomic E-state index is 13.4. The molecule has 0 radical (unpaired) electrons. The first-order valence-corrected chi connectivity index (χ1v) is 12.8. The van der Waals surface area contributed by atoms with Crippen molar-refractivity contribution in [3.05, 3.63) is 58.6 Å². The zero-order valence-corrected chi connectivity index (χ0v) is 20.2. The van der Waals surface area contributed by atoms with E-state index in [0.29, 0.717) is 10.7 Å². The van der Waals surface area contributed by atoms with Crippen molar-refractivity contribution in [3.63, 3.8) is 0 Å². The Hall–Kier alpha value is -2.38. The lowest BCUT2D eigenvalue weighted by Gasteiger charge is -2.24. The average molecular weight is 476 g/mol. The molecule has 1 aliphatic rings. The molecule has 0 heterocycles. The number of rotatable bonds is 6. The Balaban J connectivity index is 1.86.